The van der Waals surface area contributed by atoms with Gasteiger partial charge < -0.3 is 9.67 Å². The highest BCUT2D eigenvalue weighted by atomic mass is 35.5. The standard InChI is InChI=1S/C21H21ClF3N3O/c22-17-5-3-15(4-6-17)13-27-10-7-20(29,8-11-27)14-28-18(21(23,24)25)12-16-2-1-9-26-19(16)28/h1-6,9,12,29H,7-8,10-11,13-14H2. The van der Waals surface area contributed by atoms with Crippen molar-refractivity contribution < 1.29 is 18.3 Å². The van der Waals surface area contributed by atoms with Crippen molar-refractivity contribution in [3.8, 4) is 0 Å². The van der Waals surface area contributed by atoms with Gasteiger partial charge in [-0.3, -0.25) is 4.90 Å². The molecule has 0 spiro atoms. The molecule has 0 saturated carbocycles. The first-order chi connectivity index (χ1) is 13.7. The molecule has 0 unspecified atom stereocenters. The molecule has 4 rings (SSSR count). The van der Waals surface area contributed by atoms with Crippen LogP contribution < -0.4 is 0 Å². The summed E-state index contributed by atoms with van der Waals surface area (Å²) in [5.41, 5.74) is -0.625. The monoisotopic (exact) mass is 423 g/mol. The van der Waals surface area contributed by atoms with Crippen molar-refractivity contribution in [2.75, 3.05) is 13.1 Å². The highest BCUT2D eigenvalue weighted by Crippen LogP contribution is 2.36. The predicted molar refractivity (Wildman–Crippen MR) is 106 cm³/mol. The summed E-state index contributed by atoms with van der Waals surface area (Å²) in [6, 6.07) is 11.9. The van der Waals surface area contributed by atoms with Gasteiger partial charge in [0.25, 0.3) is 0 Å². The number of likely N-dealkylation sites (tertiary alicyclic amines) is 1. The first-order valence-electron chi connectivity index (χ1n) is 9.44. The minimum Gasteiger partial charge on any atom is -0.388 e. The molecule has 3 heterocycles. The Morgan fingerprint density at radius 2 is 1.79 bits per heavy atom. The fourth-order valence-electron chi connectivity index (χ4n) is 3.91. The third-order valence-corrected chi connectivity index (χ3v) is 5.76. The van der Waals surface area contributed by atoms with Crippen molar-refractivity contribution in [2.24, 2.45) is 0 Å². The van der Waals surface area contributed by atoms with Crippen LogP contribution in [0.15, 0.2) is 48.7 Å². The Labute approximate surface area is 171 Å². The van der Waals surface area contributed by atoms with Crippen molar-refractivity contribution in [3.05, 3.63) is 64.9 Å². The Morgan fingerprint density at radius 1 is 1.10 bits per heavy atom. The van der Waals surface area contributed by atoms with Crippen LogP contribution in [0.3, 0.4) is 0 Å². The van der Waals surface area contributed by atoms with E-state index in [4.69, 9.17) is 11.6 Å². The SMILES string of the molecule is OC1(Cn2c(C(F)(F)F)cc3cccnc32)CCN(Cc2ccc(Cl)cc2)CC1. The Bertz CT molecular complexity index is 993. The van der Waals surface area contributed by atoms with Gasteiger partial charge in [0.1, 0.15) is 11.3 Å². The van der Waals surface area contributed by atoms with Gasteiger partial charge in [-0.25, -0.2) is 4.98 Å². The highest BCUT2D eigenvalue weighted by Gasteiger charge is 2.39. The van der Waals surface area contributed by atoms with Gasteiger partial charge in [-0.05, 0) is 48.7 Å². The third kappa shape index (κ3) is 4.42. The van der Waals surface area contributed by atoms with Crippen LogP contribution in [-0.4, -0.2) is 38.2 Å². The molecule has 1 fully saturated rings. The lowest BCUT2D eigenvalue weighted by molar-refractivity contribution is -0.145. The normalized spacial score (nSPS) is 17.7. The van der Waals surface area contributed by atoms with E-state index in [1.807, 2.05) is 24.3 Å². The Morgan fingerprint density at radius 3 is 2.45 bits per heavy atom. The van der Waals surface area contributed by atoms with Gasteiger partial charge in [-0.1, -0.05) is 23.7 Å². The van der Waals surface area contributed by atoms with Crippen LogP contribution in [0.2, 0.25) is 5.02 Å². The largest absolute Gasteiger partial charge is 0.431 e. The summed E-state index contributed by atoms with van der Waals surface area (Å²) in [5, 5.41) is 12.1. The van der Waals surface area contributed by atoms with Crippen LogP contribution >= 0.6 is 11.6 Å². The zero-order chi connectivity index (χ0) is 20.6. The number of fused-ring (bicyclic) bond motifs is 1. The molecule has 0 aliphatic carbocycles. The fraction of sp³-hybridized carbons (Fsp3) is 0.381. The third-order valence-electron chi connectivity index (χ3n) is 5.50. The zero-order valence-corrected chi connectivity index (χ0v) is 16.4. The number of rotatable bonds is 4. The summed E-state index contributed by atoms with van der Waals surface area (Å²) in [6.07, 6.45) is -2.25. The molecular formula is C21H21ClF3N3O. The van der Waals surface area contributed by atoms with Gasteiger partial charge in [0.2, 0.25) is 0 Å². The van der Waals surface area contributed by atoms with Crippen molar-refractivity contribution in [2.45, 2.75) is 37.7 Å². The van der Waals surface area contributed by atoms with Gasteiger partial charge in [0.05, 0.1) is 12.1 Å². The molecule has 0 amide bonds. The molecular weight excluding hydrogens is 403 g/mol. The number of benzene rings is 1. The fourth-order valence-corrected chi connectivity index (χ4v) is 4.04. The lowest BCUT2D eigenvalue weighted by Crippen LogP contribution is -2.46. The molecule has 3 aromatic rings. The minimum atomic E-state index is -4.51. The molecule has 4 nitrogen and oxygen atoms in total. The van der Waals surface area contributed by atoms with Crippen molar-refractivity contribution in [1.82, 2.24) is 14.5 Å². The number of piperidine rings is 1. The van der Waals surface area contributed by atoms with Crippen LogP contribution in [-0.2, 0) is 19.3 Å². The minimum absolute atomic E-state index is 0.128. The maximum Gasteiger partial charge on any atom is 0.431 e. The van der Waals surface area contributed by atoms with E-state index < -0.39 is 17.5 Å². The Kier molecular flexibility index (Phi) is 5.31. The second-order valence-electron chi connectivity index (χ2n) is 7.66. The molecule has 154 valence electrons. The molecule has 1 aromatic carbocycles. The maximum atomic E-state index is 13.6. The van der Waals surface area contributed by atoms with Crippen LogP contribution in [0, 0.1) is 0 Å². The molecule has 0 atom stereocenters. The van der Waals surface area contributed by atoms with Gasteiger partial charge in [-0.2, -0.15) is 13.2 Å². The second-order valence-corrected chi connectivity index (χ2v) is 8.09. The molecule has 0 bridgehead atoms. The van der Waals surface area contributed by atoms with E-state index >= 15 is 0 Å². The van der Waals surface area contributed by atoms with Crippen LogP contribution in [0.1, 0.15) is 24.1 Å². The molecule has 1 N–H and O–H groups in total. The number of aromatic nitrogens is 2. The summed E-state index contributed by atoms with van der Waals surface area (Å²) in [5.74, 6) is 0. The van der Waals surface area contributed by atoms with Crippen LogP contribution in [0.25, 0.3) is 11.0 Å². The Hall–Kier alpha value is -2.09. The quantitative estimate of drug-likeness (QED) is 0.659. The number of hydrogen-bond acceptors (Lipinski definition) is 3. The topological polar surface area (TPSA) is 41.3 Å². The molecule has 1 aliphatic heterocycles. The smallest absolute Gasteiger partial charge is 0.388 e. The average molecular weight is 424 g/mol. The molecule has 8 heteroatoms. The number of alkyl halides is 3. The first-order valence-corrected chi connectivity index (χ1v) is 9.82. The molecule has 29 heavy (non-hydrogen) atoms. The van der Waals surface area contributed by atoms with Gasteiger partial charge in [0, 0.05) is 36.2 Å². The van der Waals surface area contributed by atoms with E-state index in [1.165, 1.54) is 6.20 Å². The lowest BCUT2D eigenvalue weighted by atomic mass is 9.91. The molecule has 0 radical (unpaired) electrons. The molecule has 1 saturated heterocycles. The Balaban J connectivity index is 1.50. The van der Waals surface area contributed by atoms with E-state index in [-0.39, 0.29) is 12.2 Å². The number of nitrogens with zero attached hydrogens (tertiary/aromatic N) is 3. The maximum absolute atomic E-state index is 13.6. The van der Waals surface area contributed by atoms with Crippen molar-refractivity contribution in [1.29, 1.82) is 0 Å². The van der Waals surface area contributed by atoms with Crippen molar-refractivity contribution in [3.63, 3.8) is 0 Å². The summed E-state index contributed by atoms with van der Waals surface area (Å²) < 4.78 is 41.8. The summed E-state index contributed by atoms with van der Waals surface area (Å²) in [7, 11) is 0. The van der Waals surface area contributed by atoms with E-state index in [1.54, 1.807) is 12.1 Å². The molecule has 1 aliphatic rings. The summed E-state index contributed by atoms with van der Waals surface area (Å²) >= 11 is 5.91. The summed E-state index contributed by atoms with van der Waals surface area (Å²) in [4.78, 5) is 6.31. The number of hydrogen-bond donors (Lipinski definition) is 1. The average Bonchev–Trinajstić information content (AvgIpc) is 3.04. The molecule has 2 aromatic heterocycles. The predicted octanol–water partition coefficient (Wildman–Crippen LogP) is 4.74. The number of pyridine rings is 1. The lowest BCUT2D eigenvalue weighted by Gasteiger charge is -2.39. The van der Waals surface area contributed by atoms with E-state index in [0.29, 0.717) is 36.3 Å². The number of aliphatic hydroxyl groups is 1. The highest BCUT2D eigenvalue weighted by molar-refractivity contribution is 6.30. The second kappa shape index (κ2) is 7.63. The zero-order valence-electron chi connectivity index (χ0n) is 15.7. The summed E-state index contributed by atoms with van der Waals surface area (Å²) in [6.45, 7) is 1.80. The van der Waals surface area contributed by atoms with Gasteiger partial charge in [-0.15, -0.1) is 0 Å². The van der Waals surface area contributed by atoms with E-state index in [0.717, 1.165) is 22.7 Å². The van der Waals surface area contributed by atoms with E-state index in [2.05, 4.69) is 9.88 Å². The van der Waals surface area contributed by atoms with E-state index in [9.17, 15) is 18.3 Å². The van der Waals surface area contributed by atoms with Crippen molar-refractivity contribution >= 4 is 22.6 Å². The number of halogens is 4. The van der Waals surface area contributed by atoms with Crippen LogP contribution in [0.5, 0.6) is 0 Å². The van der Waals surface area contributed by atoms with Gasteiger partial charge >= 0.3 is 6.18 Å². The van der Waals surface area contributed by atoms with Gasteiger partial charge in [0.15, 0.2) is 0 Å². The van der Waals surface area contributed by atoms with Crippen LogP contribution in [0.4, 0.5) is 13.2 Å². The first kappa shape index (κ1) is 20.2.